The summed E-state index contributed by atoms with van der Waals surface area (Å²) in [5, 5.41) is 3.29. The monoisotopic (exact) mass is 357 g/mol. The lowest BCUT2D eigenvalue weighted by molar-refractivity contribution is -0.125. The fraction of sp³-hybridized carbons (Fsp3) is 0.667. The molecule has 1 amide bonds. The van der Waals surface area contributed by atoms with Crippen LogP contribution in [0.25, 0.3) is 0 Å². The number of methoxy groups -OCH3 is 1. The van der Waals surface area contributed by atoms with E-state index in [1.807, 2.05) is 12.1 Å². The van der Waals surface area contributed by atoms with E-state index in [1.165, 1.54) is 31.2 Å². The Labute approximate surface area is 156 Å². The number of ether oxygens (including phenoxy) is 1. The van der Waals surface area contributed by atoms with Crippen molar-refractivity contribution < 1.29 is 9.53 Å². The summed E-state index contributed by atoms with van der Waals surface area (Å²) < 4.78 is 5.29. The third-order valence-corrected chi connectivity index (χ3v) is 6.16. The number of carbonyl (C=O) groups excluding carboxylic acids is 1. The summed E-state index contributed by atoms with van der Waals surface area (Å²) in [5.74, 6) is 1.11. The Kier molecular flexibility index (Phi) is 5.46. The van der Waals surface area contributed by atoms with Crippen molar-refractivity contribution >= 4 is 5.91 Å². The van der Waals surface area contributed by atoms with Gasteiger partial charge < -0.3 is 10.1 Å². The van der Waals surface area contributed by atoms with E-state index >= 15 is 0 Å². The summed E-state index contributed by atoms with van der Waals surface area (Å²) in [6.45, 7) is 4.02. The predicted molar refractivity (Wildman–Crippen MR) is 102 cm³/mol. The van der Waals surface area contributed by atoms with Crippen LogP contribution < -0.4 is 10.1 Å². The van der Waals surface area contributed by atoms with Gasteiger partial charge in [-0.3, -0.25) is 14.6 Å². The van der Waals surface area contributed by atoms with Gasteiger partial charge in [0.15, 0.2) is 0 Å². The second-order valence-electron chi connectivity index (χ2n) is 7.90. The maximum Gasteiger partial charge on any atom is 0.237 e. The number of carbonyl (C=O) groups is 1. The van der Waals surface area contributed by atoms with E-state index in [9.17, 15) is 4.79 Å². The van der Waals surface area contributed by atoms with Crippen LogP contribution in [0.3, 0.4) is 0 Å². The zero-order valence-electron chi connectivity index (χ0n) is 15.8. The maximum atomic E-state index is 12.8. The average Bonchev–Trinajstić information content (AvgIpc) is 3.17. The van der Waals surface area contributed by atoms with Gasteiger partial charge in [-0.05, 0) is 75.9 Å². The summed E-state index contributed by atoms with van der Waals surface area (Å²) in [6, 6.07) is 9.34. The quantitative estimate of drug-likeness (QED) is 0.815. The molecule has 142 valence electrons. The van der Waals surface area contributed by atoms with Gasteiger partial charge in [-0.15, -0.1) is 0 Å². The molecule has 4 rings (SSSR count). The van der Waals surface area contributed by atoms with Gasteiger partial charge in [0.2, 0.25) is 5.91 Å². The van der Waals surface area contributed by atoms with Gasteiger partial charge in [-0.2, -0.15) is 0 Å². The van der Waals surface area contributed by atoms with Gasteiger partial charge in [0.05, 0.1) is 19.2 Å². The molecule has 2 heterocycles. The molecule has 5 heteroatoms. The molecular formula is C21H31N3O2. The average molecular weight is 357 g/mol. The van der Waals surface area contributed by atoms with Crippen molar-refractivity contribution in [3.63, 3.8) is 0 Å². The van der Waals surface area contributed by atoms with Gasteiger partial charge in [-0.1, -0.05) is 12.1 Å². The molecule has 0 bridgehead atoms. The summed E-state index contributed by atoms with van der Waals surface area (Å²) in [7, 11) is 1.69. The molecule has 2 aliphatic heterocycles. The number of amides is 1. The third-order valence-electron chi connectivity index (χ3n) is 6.16. The Balaban J connectivity index is 1.41. The third kappa shape index (κ3) is 3.89. The molecule has 1 aromatic carbocycles. The van der Waals surface area contributed by atoms with Crippen molar-refractivity contribution in [2.75, 3.05) is 33.3 Å². The van der Waals surface area contributed by atoms with Gasteiger partial charge >= 0.3 is 0 Å². The van der Waals surface area contributed by atoms with Crippen molar-refractivity contribution in [1.82, 2.24) is 15.1 Å². The molecule has 1 aliphatic carbocycles. The fourth-order valence-electron chi connectivity index (χ4n) is 4.57. The Morgan fingerprint density at radius 1 is 1.12 bits per heavy atom. The van der Waals surface area contributed by atoms with E-state index < -0.39 is 0 Å². The van der Waals surface area contributed by atoms with Gasteiger partial charge in [0.1, 0.15) is 5.75 Å². The molecule has 0 radical (unpaired) electrons. The molecule has 1 saturated carbocycles. The lowest BCUT2D eigenvalue weighted by Crippen LogP contribution is -2.46. The molecule has 3 fully saturated rings. The molecule has 26 heavy (non-hydrogen) atoms. The van der Waals surface area contributed by atoms with Crippen LogP contribution in [0.4, 0.5) is 0 Å². The number of hydrogen-bond acceptors (Lipinski definition) is 4. The molecule has 3 aliphatic rings. The second kappa shape index (κ2) is 7.97. The van der Waals surface area contributed by atoms with Crippen molar-refractivity contribution in [2.24, 2.45) is 0 Å². The summed E-state index contributed by atoms with van der Waals surface area (Å²) in [5.41, 5.74) is 1.26. The van der Waals surface area contributed by atoms with E-state index in [4.69, 9.17) is 4.74 Å². The van der Waals surface area contributed by atoms with Crippen LogP contribution in [-0.4, -0.2) is 61.1 Å². The first-order chi connectivity index (χ1) is 12.8. The number of hydrogen-bond donors (Lipinski definition) is 1. The van der Waals surface area contributed by atoms with Gasteiger partial charge in [-0.25, -0.2) is 0 Å². The molecule has 0 spiro atoms. The van der Waals surface area contributed by atoms with E-state index in [1.54, 1.807) is 7.11 Å². The number of benzene rings is 1. The van der Waals surface area contributed by atoms with Crippen LogP contribution in [0.5, 0.6) is 5.75 Å². The van der Waals surface area contributed by atoms with Crippen LogP contribution >= 0.6 is 0 Å². The lowest BCUT2D eigenvalue weighted by atomic mass is 10.0. The number of likely N-dealkylation sites (tertiary alicyclic amines) is 2. The highest BCUT2D eigenvalue weighted by atomic mass is 16.5. The molecule has 0 unspecified atom stereocenters. The van der Waals surface area contributed by atoms with Crippen molar-refractivity contribution in [3.8, 4) is 5.75 Å². The molecular weight excluding hydrogens is 326 g/mol. The standard InChI is InChI=1S/C21H31N3O2/c1-26-18-10-6-16(7-11-18)20(23-12-2-3-13-23)15-22-21(25)19-5-4-14-24(19)17-8-9-17/h6-7,10-11,17,19-20H,2-5,8-9,12-15H2,1H3,(H,22,25)/t19-,20-/m0/s1. The minimum absolute atomic E-state index is 0.0950. The van der Waals surface area contributed by atoms with Crippen LogP contribution in [0.2, 0.25) is 0 Å². The van der Waals surface area contributed by atoms with Crippen LogP contribution in [0.15, 0.2) is 24.3 Å². The zero-order chi connectivity index (χ0) is 17.9. The predicted octanol–water partition coefficient (Wildman–Crippen LogP) is 2.58. The number of nitrogens with one attached hydrogen (secondary N) is 1. The first kappa shape index (κ1) is 17.8. The van der Waals surface area contributed by atoms with Gasteiger partial charge in [0.25, 0.3) is 0 Å². The molecule has 5 nitrogen and oxygen atoms in total. The largest absolute Gasteiger partial charge is 0.497 e. The van der Waals surface area contributed by atoms with E-state index in [-0.39, 0.29) is 18.0 Å². The number of nitrogens with zero attached hydrogens (tertiary/aromatic N) is 2. The molecule has 0 aromatic heterocycles. The molecule has 2 atom stereocenters. The van der Waals surface area contributed by atoms with Crippen LogP contribution in [0, 0.1) is 0 Å². The highest BCUT2D eigenvalue weighted by Crippen LogP contribution is 2.33. The van der Waals surface area contributed by atoms with E-state index in [0.29, 0.717) is 12.6 Å². The Morgan fingerprint density at radius 2 is 1.85 bits per heavy atom. The molecule has 1 aromatic rings. The summed E-state index contributed by atoms with van der Waals surface area (Å²) in [6.07, 6.45) is 7.21. The maximum absolute atomic E-state index is 12.8. The highest BCUT2D eigenvalue weighted by molar-refractivity contribution is 5.82. The minimum atomic E-state index is 0.0950. The van der Waals surface area contributed by atoms with Crippen LogP contribution in [0.1, 0.15) is 50.1 Å². The summed E-state index contributed by atoms with van der Waals surface area (Å²) >= 11 is 0. The second-order valence-corrected chi connectivity index (χ2v) is 7.90. The van der Waals surface area contributed by atoms with E-state index in [2.05, 4.69) is 27.2 Å². The Morgan fingerprint density at radius 3 is 2.50 bits per heavy atom. The minimum Gasteiger partial charge on any atom is -0.497 e. The Hall–Kier alpha value is -1.59. The Bertz CT molecular complexity index is 608. The van der Waals surface area contributed by atoms with Crippen molar-refractivity contribution in [1.29, 1.82) is 0 Å². The first-order valence-corrected chi connectivity index (χ1v) is 10.2. The molecule has 1 N–H and O–H groups in total. The van der Waals surface area contributed by atoms with Crippen molar-refractivity contribution in [3.05, 3.63) is 29.8 Å². The smallest absolute Gasteiger partial charge is 0.237 e. The zero-order valence-corrected chi connectivity index (χ0v) is 15.8. The number of rotatable bonds is 7. The highest BCUT2D eigenvalue weighted by Gasteiger charge is 2.40. The summed E-state index contributed by atoms with van der Waals surface area (Å²) in [4.78, 5) is 17.8. The van der Waals surface area contributed by atoms with Gasteiger partial charge in [0, 0.05) is 12.6 Å². The topological polar surface area (TPSA) is 44.8 Å². The van der Waals surface area contributed by atoms with Crippen molar-refractivity contribution in [2.45, 2.75) is 56.7 Å². The SMILES string of the molecule is COc1ccc([C@H](CNC(=O)[C@@H]2CCCN2C2CC2)N2CCCC2)cc1. The first-order valence-electron chi connectivity index (χ1n) is 10.2. The van der Waals surface area contributed by atoms with Crippen LogP contribution in [-0.2, 0) is 4.79 Å². The van der Waals surface area contributed by atoms with E-state index in [0.717, 1.165) is 38.2 Å². The molecule has 2 saturated heterocycles. The lowest BCUT2D eigenvalue weighted by Gasteiger charge is -2.30. The fourth-order valence-corrected chi connectivity index (χ4v) is 4.57. The normalized spacial score (nSPS) is 25.3.